The van der Waals surface area contributed by atoms with Crippen molar-refractivity contribution in [3.05, 3.63) is 71.8 Å². The van der Waals surface area contributed by atoms with Crippen LogP contribution in [0.4, 0.5) is 0 Å². The molecule has 0 spiro atoms. The lowest BCUT2D eigenvalue weighted by Crippen LogP contribution is -2.57. The highest BCUT2D eigenvalue weighted by molar-refractivity contribution is 5.29. The Morgan fingerprint density at radius 1 is 0.880 bits per heavy atom. The summed E-state index contributed by atoms with van der Waals surface area (Å²) >= 11 is 0. The number of β-amino-alcohol motifs (C(OH)–C–C–N with tert-alkyl or cyclic N) is 1. The fourth-order valence-electron chi connectivity index (χ4n) is 4.39. The zero-order valence-corrected chi connectivity index (χ0v) is 14.3. The van der Waals surface area contributed by atoms with E-state index in [4.69, 9.17) is 5.73 Å². The minimum atomic E-state index is -0.901. The molecule has 0 bridgehead atoms. The number of likely N-dealkylation sites (tertiary alicyclic amines) is 1. The topological polar surface area (TPSA) is 73.0 Å². The zero-order valence-electron chi connectivity index (χ0n) is 14.3. The highest BCUT2D eigenvalue weighted by atomic mass is 16.5. The third-order valence-corrected chi connectivity index (χ3v) is 5.74. The summed E-state index contributed by atoms with van der Waals surface area (Å²) in [7, 11) is 0. The molecule has 2 aliphatic heterocycles. The third-order valence-electron chi connectivity index (χ3n) is 5.74. The molecule has 2 aromatic rings. The Morgan fingerprint density at radius 2 is 1.48 bits per heavy atom. The van der Waals surface area contributed by atoms with Crippen molar-refractivity contribution >= 4 is 0 Å². The van der Waals surface area contributed by atoms with E-state index in [1.165, 1.54) is 5.06 Å². The molecular formula is C20H25N3O2. The Balaban J connectivity index is 1.63. The lowest BCUT2D eigenvalue weighted by atomic mass is 9.86. The van der Waals surface area contributed by atoms with Crippen LogP contribution < -0.4 is 5.73 Å². The van der Waals surface area contributed by atoms with Gasteiger partial charge in [0.25, 0.3) is 0 Å². The van der Waals surface area contributed by atoms with Crippen molar-refractivity contribution in [1.82, 2.24) is 9.96 Å². The molecule has 132 valence electrons. The largest absolute Gasteiger partial charge is 0.384 e. The molecule has 0 radical (unpaired) electrons. The van der Waals surface area contributed by atoms with Gasteiger partial charge in [-0.2, -0.15) is 5.06 Å². The Hall–Kier alpha value is -1.76. The van der Waals surface area contributed by atoms with Crippen molar-refractivity contribution in [3.63, 3.8) is 0 Å². The van der Waals surface area contributed by atoms with Crippen LogP contribution >= 0.6 is 0 Å². The van der Waals surface area contributed by atoms with Crippen LogP contribution in [0.3, 0.4) is 0 Å². The van der Waals surface area contributed by atoms with Crippen LogP contribution in [0.25, 0.3) is 0 Å². The van der Waals surface area contributed by atoms with E-state index in [0.29, 0.717) is 32.5 Å². The summed E-state index contributed by atoms with van der Waals surface area (Å²) in [6.45, 7) is 1.68. The molecule has 2 aliphatic rings. The Labute approximate surface area is 148 Å². The number of hydroxylamine groups is 2. The Morgan fingerprint density at radius 3 is 2.12 bits per heavy atom. The first-order valence-electron chi connectivity index (χ1n) is 8.85. The highest BCUT2D eigenvalue weighted by Gasteiger charge is 2.52. The van der Waals surface area contributed by atoms with Crippen molar-refractivity contribution in [3.8, 4) is 0 Å². The van der Waals surface area contributed by atoms with Crippen LogP contribution in [-0.4, -0.2) is 46.1 Å². The molecule has 5 nitrogen and oxygen atoms in total. The molecule has 25 heavy (non-hydrogen) atoms. The van der Waals surface area contributed by atoms with Gasteiger partial charge in [-0.25, -0.2) is 0 Å². The molecule has 0 amide bonds. The normalized spacial score (nSPS) is 33.8. The molecule has 2 heterocycles. The van der Waals surface area contributed by atoms with E-state index in [9.17, 15) is 10.3 Å². The van der Waals surface area contributed by atoms with Crippen molar-refractivity contribution in [2.75, 3.05) is 19.6 Å². The van der Waals surface area contributed by atoms with E-state index < -0.39 is 11.1 Å². The van der Waals surface area contributed by atoms with Crippen molar-refractivity contribution in [2.24, 2.45) is 5.73 Å². The Bertz CT molecular complexity index is 726. The fraction of sp³-hybridized carbons (Fsp3) is 0.400. The van der Waals surface area contributed by atoms with Gasteiger partial charge in [0.2, 0.25) is 0 Å². The second kappa shape index (κ2) is 6.20. The van der Waals surface area contributed by atoms with Crippen LogP contribution in [0.2, 0.25) is 0 Å². The summed E-state index contributed by atoms with van der Waals surface area (Å²) in [6, 6.07) is 19.7. The van der Waals surface area contributed by atoms with Gasteiger partial charge in [0.05, 0.1) is 5.54 Å². The predicted octanol–water partition coefficient (Wildman–Crippen LogP) is 1.86. The van der Waals surface area contributed by atoms with Gasteiger partial charge >= 0.3 is 0 Å². The van der Waals surface area contributed by atoms with Gasteiger partial charge in [0, 0.05) is 19.6 Å². The molecule has 2 fully saturated rings. The van der Waals surface area contributed by atoms with Gasteiger partial charge in [-0.15, -0.1) is 0 Å². The monoisotopic (exact) mass is 339 g/mol. The SMILES string of the molecule is NC1(c2ccccc2)CCN(O)C1N1CCC(O)(c2ccccc2)C1. The first kappa shape index (κ1) is 16.7. The maximum absolute atomic E-state index is 11.1. The molecule has 3 unspecified atom stereocenters. The molecule has 3 atom stereocenters. The second-order valence-electron chi connectivity index (χ2n) is 7.31. The maximum Gasteiger partial charge on any atom is 0.109 e. The molecule has 2 saturated heterocycles. The Kier molecular flexibility index (Phi) is 4.14. The summed E-state index contributed by atoms with van der Waals surface area (Å²) in [4.78, 5) is 2.12. The number of aliphatic hydroxyl groups is 1. The quantitative estimate of drug-likeness (QED) is 0.796. The van der Waals surface area contributed by atoms with Crippen molar-refractivity contribution < 1.29 is 10.3 Å². The van der Waals surface area contributed by atoms with Crippen molar-refractivity contribution in [1.29, 1.82) is 0 Å². The first-order chi connectivity index (χ1) is 12.0. The van der Waals surface area contributed by atoms with Crippen LogP contribution in [0.5, 0.6) is 0 Å². The average molecular weight is 339 g/mol. The second-order valence-corrected chi connectivity index (χ2v) is 7.31. The van der Waals surface area contributed by atoms with Gasteiger partial charge in [0.15, 0.2) is 0 Å². The summed E-state index contributed by atoms with van der Waals surface area (Å²) in [5.41, 5.74) is 7.18. The number of nitrogens with zero attached hydrogens (tertiary/aromatic N) is 2. The number of nitrogens with two attached hydrogens (primary N) is 1. The van der Waals surface area contributed by atoms with Gasteiger partial charge in [-0.1, -0.05) is 60.7 Å². The number of hydrogen-bond donors (Lipinski definition) is 3. The zero-order chi connectivity index (χ0) is 17.5. The average Bonchev–Trinajstić information content (AvgIpc) is 3.18. The van der Waals surface area contributed by atoms with Gasteiger partial charge in [0.1, 0.15) is 11.8 Å². The molecule has 4 N–H and O–H groups in total. The van der Waals surface area contributed by atoms with Crippen LogP contribution in [0.1, 0.15) is 24.0 Å². The number of benzene rings is 2. The summed E-state index contributed by atoms with van der Waals surface area (Å²) < 4.78 is 0. The summed E-state index contributed by atoms with van der Waals surface area (Å²) in [5.74, 6) is 0. The molecule has 5 heteroatoms. The summed E-state index contributed by atoms with van der Waals surface area (Å²) in [6.07, 6.45) is 0.970. The molecule has 4 rings (SSSR count). The lowest BCUT2D eigenvalue weighted by molar-refractivity contribution is -0.159. The minimum absolute atomic E-state index is 0.340. The van der Waals surface area contributed by atoms with E-state index >= 15 is 0 Å². The van der Waals surface area contributed by atoms with Gasteiger partial charge < -0.3 is 16.0 Å². The van der Waals surface area contributed by atoms with E-state index in [1.54, 1.807) is 0 Å². The lowest BCUT2D eigenvalue weighted by Gasteiger charge is -2.40. The van der Waals surface area contributed by atoms with Gasteiger partial charge in [-0.05, 0) is 24.0 Å². The van der Waals surface area contributed by atoms with Crippen molar-refractivity contribution in [2.45, 2.75) is 30.1 Å². The minimum Gasteiger partial charge on any atom is -0.384 e. The van der Waals surface area contributed by atoms with E-state index in [-0.39, 0.29) is 6.17 Å². The van der Waals surface area contributed by atoms with E-state index in [0.717, 1.165) is 11.1 Å². The van der Waals surface area contributed by atoms with Gasteiger partial charge in [-0.3, -0.25) is 4.90 Å². The maximum atomic E-state index is 11.1. The smallest absolute Gasteiger partial charge is 0.109 e. The van der Waals surface area contributed by atoms with E-state index in [1.807, 2.05) is 60.7 Å². The van der Waals surface area contributed by atoms with E-state index in [2.05, 4.69) is 4.90 Å². The van der Waals surface area contributed by atoms with Crippen LogP contribution in [-0.2, 0) is 11.1 Å². The fourth-order valence-corrected chi connectivity index (χ4v) is 4.39. The molecule has 0 saturated carbocycles. The highest BCUT2D eigenvalue weighted by Crippen LogP contribution is 2.41. The standard InChI is InChI=1S/C20H25N3O2/c21-20(17-9-5-2-6-10-17)12-14-23(25)18(20)22-13-11-19(24,15-22)16-7-3-1-4-8-16/h1-10,18,24-25H,11-15,21H2. The molecule has 0 aromatic heterocycles. The van der Waals surface area contributed by atoms with Crippen LogP contribution in [0, 0.1) is 0 Å². The number of rotatable bonds is 3. The predicted molar refractivity (Wildman–Crippen MR) is 95.7 cm³/mol. The molecular weight excluding hydrogens is 314 g/mol. The first-order valence-corrected chi connectivity index (χ1v) is 8.85. The van der Waals surface area contributed by atoms with Crippen LogP contribution in [0.15, 0.2) is 60.7 Å². The summed E-state index contributed by atoms with van der Waals surface area (Å²) in [5, 5.41) is 23.0. The number of hydrogen-bond acceptors (Lipinski definition) is 5. The third kappa shape index (κ3) is 2.78. The molecule has 0 aliphatic carbocycles. The molecule has 2 aromatic carbocycles.